The van der Waals surface area contributed by atoms with Crippen LogP contribution in [0.5, 0.6) is 0 Å². The number of ether oxygens (including phenoxy) is 1. The predicted molar refractivity (Wildman–Crippen MR) is 148 cm³/mol. The fourth-order valence-corrected chi connectivity index (χ4v) is 4.88. The number of aryl methyl sites for hydroxylation is 2. The lowest BCUT2D eigenvalue weighted by atomic mass is 9.86. The van der Waals surface area contributed by atoms with E-state index in [2.05, 4.69) is 50.1 Å². The summed E-state index contributed by atoms with van der Waals surface area (Å²) >= 11 is 6.85. The number of fused-ring (bicyclic) bond motifs is 2. The van der Waals surface area contributed by atoms with Crippen molar-refractivity contribution in [3.05, 3.63) is 67.6 Å². The average molecular weight is 619 g/mol. The van der Waals surface area contributed by atoms with Crippen molar-refractivity contribution in [2.45, 2.75) is 64.9 Å². The van der Waals surface area contributed by atoms with E-state index in [9.17, 15) is 5.11 Å². The lowest BCUT2D eigenvalue weighted by Crippen LogP contribution is -2.34. The van der Waals surface area contributed by atoms with Gasteiger partial charge in [0.1, 0.15) is 0 Å². The van der Waals surface area contributed by atoms with Crippen LogP contribution in [0.1, 0.15) is 63.3 Å². The molecule has 0 amide bonds. The summed E-state index contributed by atoms with van der Waals surface area (Å²) in [6.07, 6.45) is 3.28. The van der Waals surface area contributed by atoms with Gasteiger partial charge in [0.25, 0.3) is 0 Å². The molecule has 0 aromatic heterocycles. The van der Waals surface area contributed by atoms with Gasteiger partial charge in [0.15, 0.2) is 5.60 Å². The monoisotopic (exact) mass is 616 g/mol. The third-order valence-electron chi connectivity index (χ3n) is 5.74. The van der Waals surface area contributed by atoms with Crippen LogP contribution in [0.15, 0.2) is 45.3 Å². The van der Waals surface area contributed by atoms with E-state index in [-0.39, 0.29) is 37.8 Å². The third-order valence-corrected chi connectivity index (χ3v) is 6.72. The summed E-state index contributed by atoms with van der Waals surface area (Å²) in [6, 6.07) is 14.3. The second-order valence-corrected chi connectivity index (χ2v) is 9.82. The summed E-state index contributed by atoms with van der Waals surface area (Å²) in [5.74, 6) is -0.0453. The highest BCUT2D eigenvalue weighted by Gasteiger charge is 2.42. The Bertz CT molecular complexity index is 1010. The molecule has 0 saturated carbocycles. The van der Waals surface area contributed by atoms with Crippen molar-refractivity contribution < 1.29 is 14.9 Å². The first-order valence-corrected chi connectivity index (χ1v) is 12.3. The van der Waals surface area contributed by atoms with Crippen LogP contribution in [0, 0.1) is 16.7 Å². The second-order valence-electron chi connectivity index (χ2n) is 7.99. The van der Waals surface area contributed by atoms with Crippen molar-refractivity contribution in [2.75, 3.05) is 13.2 Å². The Balaban J connectivity index is 0.000000553. The van der Waals surface area contributed by atoms with Crippen molar-refractivity contribution in [3.8, 4) is 6.07 Å². The number of benzene rings is 2. The molecule has 0 bridgehead atoms. The molecule has 2 unspecified atom stereocenters. The van der Waals surface area contributed by atoms with E-state index in [1.165, 1.54) is 11.1 Å². The fraction of sp³-hybridized carbons (Fsp3) is 0.462. The van der Waals surface area contributed by atoms with Crippen molar-refractivity contribution in [3.63, 3.8) is 0 Å². The van der Waals surface area contributed by atoms with Crippen LogP contribution in [0.2, 0.25) is 0 Å². The van der Waals surface area contributed by atoms with E-state index in [4.69, 9.17) is 20.5 Å². The minimum Gasteiger partial charge on any atom is -0.479 e. The van der Waals surface area contributed by atoms with Crippen molar-refractivity contribution in [1.29, 1.82) is 10.7 Å². The summed E-state index contributed by atoms with van der Waals surface area (Å²) < 4.78 is 7.24. The summed E-state index contributed by atoms with van der Waals surface area (Å²) in [7, 11) is 0. The van der Waals surface area contributed by atoms with Crippen LogP contribution in [0.4, 0.5) is 0 Å². The first-order valence-electron chi connectivity index (χ1n) is 10.7. The normalized spacial score (nSPS) is 21.0. The van der Waals surface area contributed by atoms with E-state index in [1.54, 1.807) is 6.92 Å². The number of aliphatic hydroxyl groups is 2. The minimum atomic E-state index is -1.23. The molecule has 0 radical (unpaired) electrons. The number of rotatable bonds is 2. The van der Waals surface area contributed by atoms with Gasteiger partial charge < -0.3 is 14.9 Å². The van der Waals surface area contributed by atoms with Crippen molar-refractivity contribution >= 4 is 50.2 Å². The zero-order chi connectivity index (χ0) is 23.9. The molecule has 0 fully saturated rings. The Hall–Kier alpha value is -1.43. The van der Waals surface area contributed by atoms with Gasteiger partial charge in [0.05, 0.1) is 18.1 Å². The minimum absolute atomic E-state index is 0. The molecule has 34 heavy (non-hydrogen) atoms. The summed E-state index contributed by atoms with van der Waals surface area (Å²) in [5, 5.41) is 34.9. The lowest BCUT2D eigenvalue weighted by molar-refractivity contribution is 0.0782. The van der Waals surface area contributed by atoms with Crippen LogP contribution in [-0.4, -0.2) is 29.3 Å². The molecule has 8 heteroatoms. The highest BCUT2D eigenvalue weighted by Crippen LogP contribution is 2.40. The molecule has 2 aromatic rings. The number of halogens is 3. The quantitative estimate of drug-likeness (QED) is 0.254. The lowest BCUT2D eigenvalue weighted by Gasteiger charge is -2.24. The Morgan fingerprint density at radius 1 is 1.06 bits per heavy atom. The van der Waals surface area contributed by atoms with Gasteiger partial charge in [-0.1, -0.05) is 51.4 Å². The maximum atomic E-state index is 10.5. The first-order chi connectivity index (χ1) is 15.1. The largest absolute Gasteiger partial charge is 0.479 e. The fourth-order valence-electron chi connectivity index (χ4n) is 4.07. The number of nitrogens with one attached hydrogen (secondary N) is 1. The van der Waals surface area contributed by atoms with Gasteiger partial charge in [-0.05, 0) is 93.0 Å². The van der Waals surface area contributed by atoms with E-state index in [0.717, 1.165) is 39.3 Å². The Morgan fingerprint density at radius 2 is 1.53 bits per heavy atom. The van der Waals surface area contributed by atoms with Crippen LogP contribution in [0.3, 0.4) is 0 Å². The number of hydrogen-bond donors (Lipinski definition) is 3. The van der Waals surface area contributed by atoms with Crippen LogP contribution in [-0.2, 0) is 28.6 Å². The zero-order valence-electron chi connectivity index (χ0n) is 19.1. The number of hydrogen-bond acceptors (Lipinski definition) is 5. The van der Waals surface area contributed by atoms with E-state index in [0.29, 0.717) is 13.0 Å². The molecular weight excluding hydrogens is 584 g/mol. The predicted octanol–water partition coefficient (Wildman–Crippen LogP) is 6.83. The van der Waals surface area contributed by atoms with Crippen molar-refractivity contribution in [2.24, 2.45) is 0 Å². The number of nitriles is 1. The molecule has 188 valence electrons. The van der Waals surface area contributed by atoms with Gasteiger partial charge in [-0.25, -0.2) is 0 Å². The van der Waals surface area contributed by atoms with E-state index >= 15 is 0 Å². The van der Waals surface area contributed by atoms with Crippen LogP contribution >= 0.6 is 44.3 Å². The smallest absolute Gasteiger partial charge is 0.218 e. The topological polar surface area (TPSA) is 97.3 Å². The molecule has 0 aliphatic heterocycles. The first kappa shape index (κ1) is 32.6. The maximum absolute atomic E-state index is 10.5. The highest BCUT2D eigenvalue weighted by atomic mass is 79.9. The van der Waals surface area contributed by atoms with Crippen LogP contribution < -0.4 is 0 Å². The van der Waals surface area contributed by atoms with Gasteiger partial charge in [-0.2, -0.15) is 5.26 Å². The molecule has 0 saturated heterocycles. The molecule has 2 aromatic carbocycles. The zero-order valence-corrected chi connectivity index (χ0v) is 23.1. The van der Waals surface area contributed by atoms with Crippen LogP contribution in [0.25, 0.3) is 0 Å². The summed E-state index contributed by atoms with van der Waals surface area (Å²) in [5.41, 5.74) is 2.93. The van der Waals surface area contributed by atoms with Gasteiger partial charge in [-0.3, -0.25) is 5.41 Å². The number of nitrogens with zero attached hydrogens (tertiary/aromatic N) is 1. The third kappa shape index (κ3) is 7.29. The van der Waals surface area contributed by atoms with Crippen molar-refractivity contribution in [1.82, 2.24) is 0 Å². The Labute approximate surface area is 226 Å². The molecule has 2 aliphatic rings. The Morgan fingerprint density at radius 3 is 2.03 bits per heavy atom. The summed E-state index contributed by atoms with van der Waals surface area (Å²) in [4.78, 5) is 0. The SMILES string of the molecule is C.CC1(C#N)CCc2cc(Br)ccc21.CCO.CCOC(=N)C1(O)CCc2cc(Br)ccc21.Cl. The number of aliphatic hydroxyl groups excluding tert-OH is 1. The molecule has 4 rings (SSSR count). The molecule has 5 nitrogen and oxygen atoms in total. The molecule has 0 heterocycles. The molecule has 2 atom stereocenters. The molecule has 3 N–H and O–H groups in total. The molecule has 0 spiro atoms. The Kier molecular flexibility index (Phi) is 13.6. The maximum Gasteiger partial charge on any atom is 0.218 e. The van der Waals surface area contributed by atoms with Gasteiger partial charge in [-0.15, -0.1) is 12.4 Å². The highest BCUT2D eigenvalue weighted by molar-refractivity contribution is 9.10. The second kappa shape index (κ2) is 14.2. The summed E-state index contributed by atoms with van der Waals surface area (Å²) in [6.45, 7) is 6.18. The van der Waals surface area contributed by atoms with Gasteiger partial charge >= 0.3 is 0 Å². The van der Waals surface area contributed by atoms with Gasteiger partial charge in [0.2, 0.25) is 5.90 Å². The average Bonchev–Trinajstić information content (AvgIpc) is 3.27. The molecule has 2 aliphatic carbocycles. The standard InChI is InChI=1S/C12H14BrNO2.C11H10BrN.C2H6O.CH4.ClH/c1-2-16-11(14)12(15)6-5-8-7-9(13)3-4-10(8)12;1-11(7-13)5-4-8-6-9(12)2-3-10(8)11;1-2-3;;/h3-4,7,14-15H,2,5-6H2,1H3;2-3,6H,4-5H2,1H3;3H,2H2,1H3;1H4;1H. The van der Waals surface area contributed by atoms with Gasteiger partial charge in [0, 0.05) is 15.6 Å². The van der Waals surface area contributed by atoms with E-state index in [1.807, 2.05) is 38.1 Å². The van der Waals surface area contributed by atoms with E-state index < -0.39 is 5.60 Å². The molecular formula is C26H35Br2ClN2O3.